The highest BCUT2D eigenvalue weighted by atomic mass is 19.1. The summed E-state index contributed by atoms with van der Waals surface area (Å²) in [5.74, 6) is 0.226. The van der Waals surface area contributed by atoms with Gasteiger partial charge in [-0.2, -0.15) is 0 Å². The third kappa shape index (κ3) is 3.27. The van der Waals surface area contributed by atoms with Gasteiger partial charge >= 0.3 is 0 Å². The molecular weight excluding hydrogens is 257 g/mol. The summed E-state index contributed by atoms with van der Waals surface area (Å²) in [6, 6.07) is 11.9. The van der Waals surface area contributed by atoms with Crippen LogP contribution < -0.4 is 9.64 Å². The van der Waals surface area contributed by atoms with Crippen molar-refractivity contribution in [2.24, 2.45) is 0 Å². The molecule has 0 fully saturated rings. The normalized spacial score (nSPS) is 12.1. The lowest BCUT2D eigenvalue weighted by atomic mass is 10.1. The second-order valence-electron chi connectivity index (χ2n) is 4.86. The molecule has 106 valence electrons. The molecule has 0 aliphatic carbocycles. The molecule has 0 bridgehead atoms. The number of aliphatic hydroxyl groups is 1. The van der Waals surface area contributed by atoms with Crippen molar-refractivity contribution in [2.45, 2.75) is 13.0 Å². The summed E-state index contributed by atoms with van der Waals surface area (Å²) in [6.45, 7) is 1.59. The van der Waals surface area contributed by atoms with Gasteiger partial charge in [0.2, 0.25) is 0 Å². The Morgan fingerprint density at radius 2 is 1.90 bits per heavy atom. The van der Waals surface area contributed by atoms with Crippen molar-refractivity contribution in [3.63, 3.8) is 0 Å². The van der Waals surface area contributed by atoms with Crippen molar-refractivity contribution in [1.29, 1.82) is 0 Å². The molecule has 4 heteroatoms. The van der Waals surface area contributed by atoms with E-state index in [9.17, 15) is 9.50 Å². The van der Waals surface area contributed by atoms with Gasteiger partial charge in [0.05, 0.1) is 6.10 Å². The lowest BCUT2D eigenvalue weighted by molar-refractivity contribution is 0.198. The Morgan fingerprint density at radius 1 is 1.15 bits per heavy atom. The predicted molar refractivity (Wildman–Crippen MR) is 77.9 cm³/mol. The first kappa shape index (κ1) is 14.3. The van der Waals surface area contributed by atoms with Crippen molar-refractivity contribution in [2.75, 3.05) is 19.0 Å². The predicted octanol–water partition coefficient (Wildman–Crippen LogP) is 3.74. The third-order valence-corrected chi connectivity index (χ3v) is 3.00. The van der Waals surface area contributed by atoms with Crippen molar-refractivity contribution in [1.82, 2.24) is 0 Å². The number of anilines is 1. The number of ether oxygens (including phenoxy) is 1. The van der Waals surface area contributed by atoms with E-state index in [1.165, 1.54) is 12.1 Å². The van der Waals surface area contributed by atoms with Crippen LogP contribution in [-0.4, -0.2) is 19.2 Å². The van der Waals surface area contributed by atoms with E-state index < -0.39 is 11.9 Å². The Kier molecular flexibility index (Phi) is 4.25. The maximum absolute atomic E-state index is 13.9. The van der Waals surface area contributed by atoms with Crippen LogP contribution in [0.3, 0.4) is 0 Å². The fourth-order valence-electron chi connectivity index (χ4n) is 1.81. The zero-order chi connectivity index (χ0) is 14.7. The van der Waals surface area contributed by atoms with Crippen LogP contribution in [0.1, 0.15) is 18.6 Å². The molecule has 0 radical (unpaired) electrons. The van der Waals surface area contributed by atoms with Gasteiger partial charge in [0.1, 0.15) is 5.75 Å². The van der Waals surface area contributed by atoms with Crippen LogP contribution in [0.15, 0.2) is 42.5 Å². The minimum atomic E-state index is -0.699. The molecule has 0 spiro atoms. The molecule has 2 aromatic rings. The monoisotopic (exact) mass is 275 g/mol. The number of aliphatic hydroxyl groups excluding tert-OH is 1. The molecule has 0 aliphatic heterocycles. The number of nitrogens with zero attached hydrogens (tertiary/aromatic N) is 1. The molecule has 20 heavy (non-hydrogen) atoms. The van der Waals surface area contributed by atoms with Crippen molar-refractivity contribution < 1.29 is 14.2 Å². The summed E-state index contributed by atoms with van der Waals surface area (Å²) < 4.78 is 19.5. The summed E-state index contributed by atoms with van der Waals surface area (Å²) in [6.07, 6.45) is -0.699. The SMILES string of the molecule is C[C@H](O)c1ccc(Oc2cccc(N(C)C)c2)c(F)c1. The summed E-state index contributed by atoms with van der Waals surface area (Å²) >= 11 is 0. The van der Waals surface area contributed by atoms with E-state index in [2.05, 4.69) is 0 Å². The Labute approximate surface area is 118 Å². The fraction of sp³-hybridized carbons (Fsp3) is 0.250. The lowest BCUT2D eigenvalue weighted by Crippen LogP contribution is -2.08. The number of rotatable bonds is 4. The first-order valence-electron chi connectivity index (χ1n) is 6.40. The fourth-order valence-corrected chi connectivity index (χ4v) is 1.81. The smallest absolute Gasteiger partial charge is 0.166 e. The number of halogens is 1. The van der Waals surface area contributed by atoms with Crippen LogP contribution in [0.4, 0.5) is 10.1 Å². The largest absolute Gasteiger partial charge is 0.454 e. The molecule has 0 saturated heterocycles. The van der Waals surface area contributed by atoms with Gasteiger partial charge in [-0.1, -0.05) is 12.1 Å². The average Bonchev–Trinajstić information content (AvgIpc) is 2.41. The highest BCUT2D eigenvalue weighted by molar-refractivity contribution is 5.50. The van der Waals surface area contributed by atoms with Gasteiger partial charge in [-0.3, -0.25) is 0 Å². The standard InChI is InChI=1S/C16H18FNO2/c1-11(19)12-7-8-16(15(17)9-12)20-14-6-4-5-13(10-14)18(2)3/h4-11,19H,1-3H3/t11-/m0/s1. The summed E-state index contributed by atoms with van der Waals surface area (Å²) in [4.78, 5) is 1.94. The second-order valence-corrected chi connectivity index (χ2v) is 4.86. The minimum absolute atomic E-state index is 0.144. The van der Waals surface area contributed by atoms with Crippen LogP contribution in [0, 0.1) is 5.82 Å². The summed E-state index contributed by atoms with van der Waals surface area (Å²) in [5, 5.41) is 9.41. The lowest BCUT2D eigenvalue weighted by Gasteiger charge is -2.14. The van der Waals surface area contributed by atoms with Crippen LogP contribution in [0.2, 0.25) is 0 Å². The molecule has 2 rings (SSSR count). The Morgan fingerprint density at radius 3 is 2.50 bits per heavy atom. The molecule has 1 N–H and O–H groups in total. The molecule has 0 aliphatic rings. The highest BCUT2D eigenvalue weighted by Gasteiger charge is 2.09. The quantitative estimate of drug-likeness (QED) is 0.922. The Hall–Kier alpha value is -2.07. The summed E-state index contributed by atoms with van der Waals surface area (Å²) in [7, 11) is 3.86. The highest BCUT2D eigenvalue weighted by Crippen LogP contribution is 2.28. The molecular formula is C16H18FNO2. The zero-order valence-electron chi connectivity index (χ0n) is 11.8. The van der Waals surface area contributed by atoms with E-state index in [4.69, 9.17) is 4.74 Å². The van der Waals surface area contributed by atoms with Gasteiger partial charge in [-0.25, -0.2) is 4.39 Å². The number of hydrogen-bond acceptors (Lipinski definition) is 3. The zero-order valence-corrected chi connectivity index (χ0v) is 11.8. The molecule has 2 aromatic carbocycles. The van der Waals surface area contributed by atoms with Crippen LogP contribution >= 0.6 is 0 Å². The molecule has 0 amide bonds. The van der Waals surface area contributed by atoms with E-state index in [1.54, 1.807) is 19.1 Å². The topological polar surface area (TPSA) is 32.7 Å². The maximum atomic E-state index is 13.9. The van der Waals surface area contributed by atoms with E-state index in [0.717, 1.165) is 5.69 Å². The molecule has 0 unspecified atom stereocenters. The Bertz CT molecular complexity index is 597. The number of benzene rings is 2. The van der Waals surface area contributed by atoms with Gasteiger partial charge < -0.3 is 14.7 Å². The van der Waals surface area contributed by atoms with Crippen LogP contribution in [-0.2, 0) is 0 Å². The minimum Gasteiger partial charge on any atom is -0.454 e. The molecule has 3 nitrogen and oxygen atoms in total. The van der Waals surface area contributed by atoms with Crippen molar-refractivity contribution >= 4 is 5.69 Å². The van der Waals surface area contributed by atoms with E-state index >= 15 is 0 Å². The third-order valence-electron chi connectivity index (χ3n) is 3.00. The maximum Gasteiger partial charge on any atom is 0.166 e. The van der Waals surface area contributed by atoms with E-state index in [1.807, 2.05) is 37.2 Å². The average molecular weight is 275 g/mol. The van der Waals surface area contributed by atoms with Crippen molar-refractivity contribution in [3.8, 4) is 11.5 Å². The molecule has 0 heterocycles. The van der Waals surface area contributed by atoms with Gasteiger partial charge in [-0.15, -0.1) is 0 Å². The molecule has 0 aromatic heterocycles. The number of hydrogen-bond donors (Lipinski definition) is 1. The van der Waals surface area contributed by atoms with E-state index in [0.29, 0.717) is 11.3 Å². The van der Waals surface area contributed by atoms with Crippen LogP contribution in [0.25, 0.3) is 0 Å². The Balaban J connectivity index is 2.24. The van der Waals surface area contributed by atoms with Crippen LogP contribution in [0.5, 0.6) is 11.5 Å². The van der Waals surface area contributed by atoms with E-state index in [-0.39, 0.29) is 5.75 Å². The molecule has 1 atom stereocenters. The molecule has 0 saturated carbocycles. The first-order chi connectivity index (χ1) is 9.47. The van der Waals surface area contributed by atoms with Gasteiger partial charge in [0.25, 0.3) is 0 Å². The van der Waals surface area contributed by atoms with Gasteiger partial charge in [0.15, 0.2) is 11.6 Å². The first-order valence-corrected chi connectivity index (χ1v) is 6.40. The second kappa shape index (κ2) is 5.92. The van der Waals surface area contributed by atoms with Gasteiger partial charge in [-0.05, 0) is 36.8 Å². The summed E-state index contributed by atoms with van der Waals surface area (Å²) in [5.41, 5.74) is 1.50. The van der Waals surface area contributed by atoms with Gasteiger partial charge in [0, 0.05) is 25.8 Å². The van der Waals surface area contributed by atoms with Crippen molar-refractivity contribution in [3.05, 3.63) is 53.8 Å².